The summed E-state index contributed by atoms with van der Waals surface area (Å²) in [5, 5.41) is 29.3. The lowest BCUT2D eigenvalue weighted by Crippen LogP contribution is -2.54. The number of ether oxygens (including phenoxy) is 1. The van der Waals surface area contributed by atoms with Crippen molar-refractivity contribution < 1.29 is 43.7 Å². The number of aryl methyl sites for hydroxylation is 1. The second-order valence-electron chi connectivity index (χ2n) is 15.2. The molecule has 12 nitrogen and oxygen atoms in total. The van der Waals surface area contributed by atoms with Gasteiger partial charge in [-0.3, -0.25) is 24.0 Å². The molecule has 5 aromatic rings. The molecular weight excluding hydrogens is 795 g/mol. The summed E-state index contributed by atoms with van der Waals surface area (Å²) in [6.45, 7) is -1.18. The largest absolute Gasteiger partial charge is 0.486 e. The first-order valence-corrected chi connectivity index (χ1v) is 21.1. The van der Waals surface area contributed by atoms with Crippen molar-refractivity contribution in [1.82, 2.24) is 16.0 Å². The van der Waals surface area contributed by atoms with E-state index in [1.54, 1.807) is 24.3 Å². The molecule has 0 spiro atoms. The summed E-state index contributed by atoms with van der Waals surface area (Å²) in [5.41, 5.74) is 4.24. The second kappa shape index (κ2) is 21.7. The molecule has 0 radical (unpaired) electrons. The standard InChI is InChI=1S/C48H49N3O9S/c52-29-43(48(58)59)51-45(55)36-24-32-15-20-39(21-16-32)60-30-38(53)26-37(27-40-12-7-23-61-40)46(56)50-42(25-33-13-18-35(19-14-33)34-10-5-2-6-11-34)47(57)49-41(44(54)28-36)22-17-31-8-3-1-4-9-31/h1-16,18-21,23,36-37,41-43,52H,17,22,24-30H2,(H,49,57)(H,50,56)(H,51,55)(H,58,59)/t36-,37+,41+,42-,43+/m1/s1. The number of amides is 3. The Bertz CT molecular complexity index is 2250. The third kappa shape index (κ3) is 13.0. The lowest BCUT2D eigenvalue weighted by molar-refractivity contribution is -0.143. The molecule has 316 valence electrons. The van der Waals surface area contributed by atoms with Crippen LogP contribution in [0.5, 0.6) is 5.75 Å². The van der Waals surface area contributed by atoms with E-state index in [-0.39, 0.29) is 50.9 Å². The van der Waals surface area contributed by atoms with Crippen molar-refractivity contribution in [2.45, 2.75) is 63.1 Å². The Kier molecular flexibility index (Phi) is 15.7. The molecule has 7 rings (SSSR count). The molecule has 5 N–H and O–H groups in total. The van der Waals surface area contributed by atoms with Crippen molar-refractivity contribution in [2.24, 2.45) is 11.8 Å². The Hall–Kier alpha value is -6.44. The van der Waals surface area contributed by atoms with Crippen LogP contribution in [0.3, 0.4) is 0 Å². The number of Topliss-reactive ketones (excluding diaryl/α,β-unsaturated/α-hetero) is 2. The van der Waals surface area contributed by atoms with Gasteiger partial charge in [-0.25, -0.2) is 4.79 Å². The Labute approximate surface area is 358 Å². The van der Waals surface area contributed by atoms with Gasteiger partial charge in [-0.1, -0.05) is 103 Å². The zero-order valence-electron chi connectivity index (χ0n) is 33.5. The van der Waals surface area contributed by atoms with Crippen LogP contribution < -0.4 is 20.7 Å². The van der Waals surface area contributed by atoms with E-state index in [0.717, 1.165) is 27.1 Å². The molecule has 0 unspecified atom stereocenters. The monoisotopic (exact) mass is 843 g/mol. The van der Waals surface area contributed by atoms with E-state index < -0.39 is 66.0 Å². The number of carboxylic acid groups (broad SMARTS) is 1. The van der Waals surface area contributed by atoms with Crippen LogP contribution >= 0.6 is 11.3 Å². The molecule has 2 aliphatic heterocycles. The van der Waals surface area contributed by atoms with Gasteiger partial charge in [0.05, 0.1) is 12.6 Å². The number of hydrogen-bond acceptors (Lipinski definition) is 9. The third-order valence-corrected chi connectivity index (χ3v) is 11.6. The number of fused-ring (bicyclic) bond motifs is 16. The maximum Gasteiger partial charge on any atom is 0.328 e. The maximum absolute atomic E-state index is 14.6. The van der Waals surface area contributed by atoms with Gasteiger partial charge in [0.2, 0.25) is 17.7 Å². The molecule has 0 aliphatic carbocycles. The minimum atomic E-state index is -1.60. The average Bonchev–Trinajstić information content (AvgIpc) is 3.79. The zero-order chi connectivity index (χ0) is 43.1. The minimum absolute atomic E-state index is 0.00988. The molecule has 4 aromatic carbocycles. The first-order valence-electron chi connectivity index (χ1n) is 20.3. The summed E-state index contributed by atoms with van der Waals surface area (Å²) in [4.78, 5) is 83.1. The SMILES string of the molecule is O=C1COc2ccc(cc2)C[C@@H](C(=O)N[C@@H](CO)C(=O)O)CC(=O)[C@H](CCc2ccccc2)NC(=O)[C@@H](Cc2ccc(-c3ccccc3)cc2)NC(=O)[C@H](Cc2cccs2)C1. The molecule has 2 bridgehead atoms. The van der Waals surface area contributed by atoms with Crippen LogP contribution in [0.15, 0.2) is 127 Å². The highest BCUT2D eigenvalue weighted by Crippen LogP contribution is 2.24. The fraction of sp³-hybridized carbons (Fsp3) is 0.292. The van der Waals surface area contributed by atoms with Crippen molar-refractivity contribution in [2.75, 3.05) is 13.2 Å². The van der Waals surface area contributed by atoms with Crippen molar-refractivity contribution in [3.8, 4) is 16.9 Å². The van der Waals surface area contributed by atoms with Gasteiger partial charge in [-0.05, 0) is 77.1 Å². The van der Waals surface area contributed by atoms with Crippen LogP contribution in [-0.2, 0) is 54.5 Å². The van der Waals surface area contributed by atoms with E-state index in [0.29, 0.717) is 17.7 Å². The number of aliphatic carboxylic acids is 1. The molecule has 0 fully saturated rings. The molecule has 5 atom stereocenters. The first kappa shape index (κ1) is 44.1. The number of rotatable bonds is 12. The number of carbonyl (C=O) groups excluding carboxylic acids is 5. The normalized spacial score (nSPS) is 19.6. The van der Waals surface area contributed by atoms with Crippen LogP contribution in [0.25, 0.3) is 11.1 Å². The predicted molar refractivity (Wildman–Crippen MR) is 231 cm³/mol. The number of hydrogen-bond donors (Lipinski definition) is 5. The van der Waals surface area contributed by atoms with E-state index in [1.165, 1.54) is 11.3 Å². The summed E-state index contributed by atoms with van der Waals surface area (Å²) < 4.78 is 5.81. The highest BCUT2D eigenvalue weighted by atomic mass is 32.1. The third-order valence-electron chi connectivity index (χ3n) is 10.7. The number of thiophene rings is 1. The lowest BCUT2D eigenvalue weighted by atomic mass is 9.89. The van der Waals surface area contributed by atoms with Gasteiger partial charge < -0.3 is 30.9 Å². The van der Waals surface area contributed by atoms with Gasteiger partial charge >= 0.3 is 5.97 Å². The van der Waals surface area contributed by atoms with Crippen LogP contribution in [-0.4, -0.2) is 76.8 Å². The predicted octanol–water partition coefficient (Wildman–Crippen LogP) is 5.15. The average molecular weight is 844 g/mol. The molecule has 2 aliphatic rings. The Balaban J connectivity index is 1.35. The van der Waals surface area contributed by atoms with Gasteiger partial charge in [0.25, 0.3) is 0 Å². The second-order valence-corrected chi connectivity index (χ2v) is 16.3. The molecule has 3 heterocycles. The van der Waals surface area contributed by atoms with E-state index in [2.05, 4.69) is 16.0 Å². The van der Waals surface area contributed by atoms with Crippen LogP contribution in [0, 0.1) is 11.8 Å². The number of carboxylic acids is 1. The number of aliphatic hydroxyl groups is 1. The quantitative estimate of drug-likeness (QED) is 0.113. The smallest absolute Gasteiger partial charge is 0.328 e. The fourth-order valence-corrected chi connectivity index (χ4v) is 8.08. The topological polar surface area (TPSA) is 188 Å². The summed E-state index contributed by atoms with van der Waals surface area (Å²) in [6, 6.07) is 33.3. The Morgan fingerprint density at radius 2 is 1.39 bits per heavy atom. The molecule has 13 heteroatoms. The van der Waals surface area contributed by atoms with Crippen molar-refractivity contribution >= 4 is 46.6 Å². The van der Waals surface area contributed by atoms with Gasteiger partial charge in [0.1, 0.15) is 24.4 Å². The number of ketones is 2. The molecule has 0 saturated carbocycles. The Morgan fingerprint density at radius 1 is 0.721 bits per heavy atom. The summed E-state index contributed by atoms with van der Waals surface area (Å²) >= 11 is 1.46. The molecular formula is C48H49N3O9S. The summed E-state index contributed by atoms with van der Waals surface area (Å²) in [5.74, 6) is -5.70. The van der Waals surface area contributed by atoms with E-state index in [4.69, 9.17) is 4.74 Å². The summed E-state index contributed by atoms with van der Waals surface area (Å²) in [6.07, 6.45) is 0.348. The first-order chi connectivity index (χ1) is 29.5. The number of carbonyl (C=O) groups is 6. The zero-order valence-corrected chi connectivity index (χ0v) is 34.4. The van der Waals surface area contributed by atoms with Gasteiger partial charge in [-0.15, -0.1) is 11.3 Å². The fourth-order valence-electron chi connectivity index (χ4n) is 7.29. The van der Waals surface area contributed by atoms with Gasteiger partial charge in [0.15, 0.2) is 11.6 Å². The highest BCUT2D eigenvalue weighted by Gasteiger charge is 2.33. The lowest BCUT2D eigenvalue weighted by Gasteiger charge is -2.26. The maximum atomic E-state index is 14.6. The highest BCUT2D eigenvalue weighted by molar-refractivity contribution is 7.09. The van der Waals surface area contributed by atoms with Crippen LogP contribution in [0.2, 0.25) is 0 Å². The molecule has 0 saturated heterocycles. The number of aliphatic hydroxyl groups excluding tert-OH is 1. The van der Waals surface area contributed by atoms with Crippen LogP contribution in [0.1, 0.15) is 40.8 Å². The van der Waals surface area contributed by atoms with Crippen molar-refractivity contribution in [1.29, 1.82) is 0 Å². The van der Waals surface area contributed by atoms with E-state index >= 15 is 0 Å². The molecule has 1 aromatic heterocycles. The van der Waals surface area contributed by atoms with Crippen LogP contribution in [0.4, 0.5) is 0 Å². The van der Waals surface area contributed by atoms with Gasteiger partial charge in [0, 0.05) is 36.0 Å². The van der Waals surface area contributed by atoms with Gasteiger partial charge in [-0.2, -0.15) is 0 Å². The number of benzene rings is 4. The minimum Gasteiger partial charge on any atom is -0.486 e. The summed E-state index contributed by atoms with van der Waals surface area (Å²) in [7, 11) is 0. The molecule has 61 heavy (non-hydrogen) atoms. The Morgan fingerprint density at radius 3 is 2.05 bits per heavy atom. The van der Waals surface area contributed by atoms with E-state index in [1.807, 2.05) is 102 Å². The van der Waals surface area contributed by atoms with E-state index in [9.17, 15) is 39.0 Å². The van der Waals surface area contributed by atoms with Crippen molar-refractivity contribution in [3.05, 3.63) is 148 Å². The number of nitrogens with one attached hydrogen (secondary N) is 3. The molecule has 3 amide bonds. The van der Waals surface area contributed by atoms with Crippen molar-refractivity contribution in [3.63, 3.8) is 0 Å².